The number of hydrogen-bond acceptors (Lipinski definition) is 3. The van der Waals surface area contributed by atoms with Gasteiger partial charge in [-0.1, -0.05) is 41.9 Å². The molecule has 7 heteroatoms. The van der Waals surface area contributed by atoms with Gasteiger partial charge < -0.3 is 5.32 Å². The summed E-state index contributed by atoms with van der Waals surface area (Å²) < 4.78 is 25.6. The summed E-state index contributed by atoms with van der Waals surface area (Å²) in [6.45, 7) is 0.230. The van der Waals surface area contributed by atoms with Gasteiger partial charge in [0.25, 0.3) is 0 Å². The van der Waals surface area contributed by atoms with Crippen molar-refractivity contribution >= 4 is 33.2 Å². The number of amides is 1. The van der Waals surface area contributed by atoms with Crippen molar-refractivity contribution in [2.24, 2.45) is 0 Å². The van der Waals surface area contributed by atoms with Gasteiger partial charge in [-0.2, -0.15) is 0 Å². The molecule has 0 aliphatic heterocycles. The Labute approximate surface area is 171 Å². The first-order valence-corrected chi connectivity index (χ1v) is 11.7. The Bertz CT molecular complexity index is 946. The Kier molecular flexibility index (Phi) is 6.62. The highest BCUT2D eigenvalue weighted by Crippen LogP contribution is 2.29. The maximum atomic E-state index is 12.4. The Morgan fingerprint density at radius 3 is 2.75 bits per heavy atom. The molecule has 1 aliphatic carbocycles. The SMILES string of the molecule is CS(=O)(=O)N(CCCC(=O)NC1CCCc2ccccc21)c1cccc(Cl)c1. The smallest absolute Gasteiger partial charge is 0.232 e. The molecule has 0 spiro atoms. The van der Waals surface area contributed by atoms with Gasteiger partial charge in [0.2, 0.25) is 15.9 Å². The number of benzene rings is 2. The number of hydrogen-bond donors (Lipinski definition) is 1. The topological polar surface area (TPSA) is 66.5 Å². The van der Waals surface area contributed by atoms with Crippen LogP contribution in [0.15, 0.2) is 48.5 Å². The highest BCUT2D eigenvalue weighted by Gasteiger charge is 2.22. The number of fused-ring (bicyclic) bond motifs is 1. The molecule has 0 bridgehead atoms. The minimum absolute atomic E-state index is 0.0383. The van der Waals surface area contributed by atoms with Crippen LogP contribution in [-0.2, 0) is 21.2 Å². The summed E-state index contributed by atoms with van der Waals surface area (Å²) in [4.78, 5) is 12.4. The molecule has 0 radical (unpaired) electrons. The molecule has 0 fully saturated rings. The first-order chi connectivity index (χ1) is 13.3. The van der Waals surface area contributed by atoms with Crippen LogP contribution in [0.2, 0.25) is 5.02 Å². The molecule has 28 heavy (non-hydrogen) atoms. The molecule has 2 aromatic rings. The fraction of sp³-hybridized carbons (Fsp3) is 0.381. The van der Waals surface area contributed by atoms with E-state index < -0.39 is 10.0 Å². The fourth-order valence-corrected chi connectivity index (χ4v) is 4.81. The van der Waals surface area contributed by atoms with E-state index in [-0.39, 0.29) is 24.9 Å². The van der Waals surface area contributed by atoms with Crippen molar-refractivity contribution in [2.75, 3.05) is 17.1 Å². The van der Waals surface area contributed by atoms with Crippen LogP contribution in [0.5, 0.6) is 0 Å². The zero-order valence-corrected chi connectivity index (χ0v) is 17.5. The lowest BCUT2D eigenvalue weighted by Crippen LogP contribution is -2.33. The van der Waals surface area contributed by atoms with E-state index in [0.29, 0.717) is 17.1 Å². The number of halogens is 1. The number of nitrogens with zero attached hydrogens (tertiary/aromatic N) is 1. The molecule has 0 saturated heterocycles. The molecule has 1 N–H and O–H groups in total. The van der Waals surface area contributed by atoms with E-state index in [9.17, 15) is 13.2 Å². The largest absolute Gasteiger partial charge is 0.349 e. The van der Waals surface area contributed by atoms with E-state index in [2.05, 4.69) is 17.4 Å². The Morgan fingerprint density at radius 2 is 2.00 bits per heavy atom. The van der Waals surface area contributed by atoms with Gasteiger partial charge in [-0.3, -0.25) is 9.10 Å². The summed E-state index contributed by atoms with van der Waals surface area (Å²) in [6.07, 6.45) is 4.89. The van der Waals surface area contributed by atoms with Crippen molar-refractivity contribution in [1.82, 2.24) is 5.32 Å². The molecule has 1 atom stereocenters. The Morgan fingerprint density at radius 1 is 1.21 bits per heavy atom. The number of sulfonamides is 1. The van der Waals surface area contributed by atoms with Crippen LogP contribution in [0.3, 0.4) is 0 Å². The van der Waals surface area contributed by atoms with Gasteiger partial charge in [-0.05, 0) is 55.0 Å². The van der Waals surface area contributed by atoms with Crippen LogP contribution >= 0.6 is 11.6 Å². The van der Waals surface area contributed by atoms with E-state index in [1.165, 1.54) is 15.4 Å². The molecule has 0 heterocycles. The minimum Gasteiger partial charge on any atom is -0.349 e. The molecule has 150 valence electrons. The Balaban J connectivity index is 1.58. The van der Waals surface area contributed by atoms with Crippen LogP contribution in [0, 0.1) is 0 Å². The average Bonchev–Trinajstić information content (AvgIpc) is 2.64. The third-order valence-electron chi connectivity index (χ3n) is 4.97. The first kappa shape index (κ1) is 20.7. The highest BCUT2D eigenvalue weighted by atomic mass is 35.5. The molecule has 2 aromatic carbocycles. The van der Waals surface area contributed by atoms with Crippen LogP contribution in [0.1, 0.15) is 42.9 Å². The van der Waals surface area contributed by atoms with Gasteiger partial charge in [-0.15, -0.1) is 0 Å². The summed E-state index contributed by atoms with van der Waals surface area (Å²) in [5.74, 6) is -0.0544. The summed E-state index contributed by atoms with van der Waals surface area (Å²) in [5.41, 5.74) is 3.00. The second kappa shape index (κ2) is 8.97. The normalized spacial score (nSPS) is 16.3. The van der Waals surface area contributed by atoms with Crippen LogP contribution in [-0.4, -0.2) is 27.1 Å². The predicted octanol–water partition coefficient (Wildman–Crippen LogP) is 4.08. The molecule has 1 unspecified atom stereocenters. The average molecular weight is 421 g/mol. The monoisotopic (exact) mass is 420 g/mol. The van der Waals surface area contributed by atoms with Gasteiger partial charge in [0, 0.05) is 18.0 Å². The number of carbonyl (C=O) groups is 1. The third-order valence-corrected chi connectivity index (χ3v) is 6.40. The van der Waals surface area contributed by atoms with Crippen molar-refractivity contribution in [3.05, 3.63) is 64.7 Å². The first-order valence-electron chi connectivity index (χ1n) is 9.45. The maximum Gasteiger partial charge on any atom is 0.232 e. The van der Waals surface area contributed by atoms with E-state index in [1.807, 2.05) is 12.1 Å². The van der Waals surface area contributed by atoms with Gasteiger partial charge in [-0.25, -0.2) is 8.42 Å². The lowest BCUT2D eigenvalue weighted by molar-refractivity contribution is -0.122. The van der Waals surface area contributed by atoms with Gasteiger partial charge >= 0.3 is 0 Å². The number of aryl methyl sites for hydroxylation is 1. The zero-order valence-electron chi connectivity index (χ0n) is 15.9. The van der Waals surface area contributed by atoms with E-state index in [0.717, 1.165) is 25.5 Å². The van der Waals surface area contributed by atoms with Gasteiger partial charge in [0.15, 0.2) is 0 Å². The summed E-state index contributed by atoms with van der Waals surface area (Å²) in [5, 5.41) is 3.58. The van der Waals surface area contributed by atoms with Crippen LogP contribution in [0.4, 0.5) is 5.69 Å². The molecule has 5 nitrogen and oxygen atoms in total. The summed E-state index contributed by atoms with van der Waals surface area (Å²) >= 11 is 5.99. The maximum absolute atomic E-state index is 12.4. The minimum atomic E-state index is -3.46. The number of nitrogens with one attached hydrogen (secondary N) is 1. The van der Waals surface area contributed by atoms with Crippen molar-refractivity contribution < 1.29 is 13.2 Å². The number of rotatable bonds is 7. The molecule has 0 aromatic heterocycles. The summed E-state index contributed by atoms with van der Waals surface area (Å²) in [7, 11) is -3.46. The molecule has 0 saturated carbocycles. The van der Waals surface area contributed by atoms with Crippen LogP contribution < -0.4 is 9.62 Å². The molecular weight excluding hydrogens is 396 g/mol. The molecule has 3 rings (SSSR count). The molecule has 1 aliphatic rings. The van der Waals surface area contributed by atoms with Crippen molar-refractivity contribution in [1.29, 1.82) is 0 Å². The Hall–Kier alpha value is -2.05. The second-order valence-electron chi connectivity index (χ2n) is 7.13. The van der Waals surface area contributed by atoms with E-state index in [4.69, 9.17) is 11.6 Å². The fourth-order valence-electron chi connectivity index (χ4n) is 3.67. The van der Waals surface area contributed by atoms with Crippen molar-refractivity contribution in [3.63, 3.8) is 0 Å². The molecule has 1 amide bonds. The van der Waals surface area contributed by atoms with E-state index in [1.54, 1.807) is 24.3 Å². The van der Waals surface area contributed by atoms with Crippen LogP contribution in [0.25, 0.3) is 0 Å². The highest BCUT2D eigenvalue weighted by molar-refractivity contribution is 7.92. The number of anilines is 1. The van der Waals surface area contributed by atoms with E-state index >= 15 is 0 Å². The standard InChI is InChI=1S/C21H25ClN2O3S/c1-28(26,27)24(18-10-5-9-17(22)15-18)14-6-13-21(25)23-20-12-4-8-16-7-2-3-11-19(16)20/h2-3,5,7,9-11,15,20H,4,6,8,12-14H2,1H3,(H,23,25). The lowest BCUT2D eigenvalue weighted by Gasteiger charge is -2.26. The zero-order chi connectivity index (χ0) is 20.1. The number of carbonyl (C=O) groups excluding carboxylic acids is 1. The summed E-state index contributed by atoms with van der Waals surface area (Å²) in [6, 6.07) is 15.0. The lowest BCUT2D eigenvalue weighted by atomic mass is 9.87. The van der Waals surface area contributed by atoms with Gasteiger partial charge in [0.05, 0.1) is 18.0 Å². The predicted molar refractivity (Wildman–Crippen MR) is 113 cm³/mol. The second-order valence-corrected chi connectivity index (χ2v) is 9.47. The quantitative estimate of drug-likeness (QED) is 0.733. The third kappa shape index (κ3) is 5.26. The molecular formula is C21H25ClN2O3S. The van der Waals surface area contributed by atoms with Crippen molar-refractivity contribution in [2.45, 2.75) is 38.1 Å². The van der Waals surface area contributed by atoms with Crippen molar-refractivity contribution in [3.8, 4) is 0 Å². The van der Waals surface area contributed by atoms with Gasteiger partial charge in [0.1, 0.15) is 0 Å².